The lowest BCUT2D eigenvalue weighted by Gasteiger charge is -2.13. The zero-order valence-electron chi connectivity index (χ0n) is 15.8. The summed E-state index contributed by atoms with van der Waals surface area (Å²) in [4.78, 5) is 23.9. The van der Waals surface area contributed by atoms with Crippen LogP contribution < -0.4 is 15.4 Å². The monoisotopic (exact) mass is 396 g/mol. The Hall–Kier alpha value is -3.98. The van der Waals surface area contributed by atoms with E-state index in [1.54, 1.807) is 31.4 Å². The van der Waals surface area contributed by atoms with Gasteiger partial charge in [0.25, 0.3) is 12.5 Å². The van der Waals surface area contributed by atoms with Crippen LogP contribution in [0.15, 0.2) is 36.4 Å². The molecule has 150 valence electrons. The number of ether oxygens (including phenoxy) is 3. The molecule has 0 heterocycles. The maximum atomic E-state index is 12.2. The minimum Gasteiger partial charge on any atom is -0.426 e. The van der Waals surface area contributed by atoms with Crippen molar-refractivity contribution < 1.29 is 23.8 Å². The number of amides is 2. The van der Waals surface area contributed by atoms with Crippen LogP contribution in [0.1, 0.15) is 18.4 Å². The van der Waals surface area contributed by atoms with Gasteiger partial charge in [-0.3, -0.25) is 4.79 Å². The quantitative estimate of drug-likeness (QED) is 0.490. The van der Waals surface area contributed by atoms with Crippen LogP contribution in [-0.4, -0.2) is 38.3 Å². The lowest BCUT2D eigenvalue weighted by atomic mass is 9.97. The van der Waals surface area contributed by atoms with E-state index in [9.17, 15) is 9.59 Å². The molecular formula is C20H20N4O5. The molecule has 2 rings (SSSR count). The second-order valence-corrected chi connectivity index (χ2v) is 5.98. The first-order chi connectivity index (χ1) is 14.0. The Morgan fingerprint density at radius 3 is 2.28 bits per heavy atom. The summed E-state index contributed by atoms with van der Waals surface area (Å²) < 4.78 is 14.2. The van der Waals surface area contributed by atoms with Crippen LogP contribution in [0.25, 0.3) is 10.8 Å². The number of rotatable bonds is 9. The average Bonchev–Trinajstić information content (AvgIpc) is 2.73. The van der Waals surface area contributed by atoms with E-state index in [-0.39, 0.29) is 38.1 Å². The fraction of sp³-hybridized carbons (Fsp3) is 0.300. The molecule has 0 unspecified atom stereocenters. The predicted octanol–water partition coefficient (Wildman–Crippen LogP) is 2.14. The molecule has 1 atom stereocenters. The molecule has 0 fully saturated rings. The van der Waals surface area contributed by atoms with E-state index >= 15 is 0 Å². The van der Waals surface area contributed by atoms with Crippen molar-refractivity contribution >= 4 is 22.8 Å². The fourth-order valence-corrected chi connectivity index (χ4v) is 2.54. The van der Waals surface area contributed by atoms with Crippen molar-refractivity contribution in [3.8, 4) is 18.3 Å². The van der Waals surface area contributed by atoms with Crippen LogP contribution in [-0.2, 0) is 14.3 Å². The normalized spacial score (nSPS) is 10.9. The molecule has 9 heteroatoms. The third kappa shape index (κ3) is 6.60. The van der Waals surface area contributed by atoms with Crippen molar-refractivity contribution in [2.24, 2.45) is 0 Å². The van der Waals surface area contributed by atoms with Crippen LogP contribution in [0.4, 0.5) is 4.79 Å². The molecular weight excluding hydrogens is 376 g/mol. The van der Waals surface area contributed by atoms with Crippen molar-refractivity contribution in [2.45, 2.75) is 12.8 Å². The number of hydrogen-bond donors (Lipinski definition) is 2. The summed E-state index contributed by atoms with van der Waals surface area (Å²) in [5.74, 6) is -0.172. The molecule has 0 aliphatic rings. The number of carbonyl (C=O) groups is 2. The molecule has 0 aliphatic heterocycles. The Balaban J connectivity index is 1.98. The van der Waals surface area contributed by atoms with Crippen LogP contribution >= 0.6 is 0 Å². The zero-order chi connectivity index (χ0) is 21.1. The summed E-state index contributed by atoms with van der Waals surface area (Å²) in [5.41, 5.74) is 0.833. The molecule has 0 aromatic heterocycles. The van der Waals surface area contributed by atoms with Gasteiger partial charge in [0.2, 0.25) is 5.91 Å². The Morgan fingerprint density at radius 1 is 0.966 bits per heavy atom. The first-order valence-corrected chi connectivity index (χ1v) is 8.84. The van der Waals surface area contributed by atoms with E-state index in [4.69, 9.17) is 15.3 Å². The molecule has 2 aromatic rings. The Labute approximate surface area is 167 Å². The predicted molar refractivity (Wildman–Crippen MR) is 103 cm³/mol. The van der Waals surface area contributed by atoms with Crippen LogP contribution in [0, 0.1) is 23.0 Å². The molecule has 29 heavy (non-hydrogen) atoms. The molecule has 2 aromatic carbocycles. The average molecular weight is 396 g/mol. The van der Waals surface area contributed by atoms with E-state index in [0.29, 0.717) is 5.75 Å². The number of nitrogens with zero attached hydrogens (tertiary/aromatic N) is 2. The number of benzene rings is 2. The molecule has 9 nitrogen and oxygen atoms in total. The maximum Gasteiger partial charge on any atom is 0.412 e. The number of carbonyl (C=O) groups excluding carboxylic acids is 2. The van der Waals surface area contributed by atoms with E-state index in [2.05, 4.69) is 20.1 Å². The molecule has 2 N–H and O–H groups in total. The minimum atomic E-state index is -0.645. The van der Waals surface area contributed by atoms with Gasteiger partial charge >= 0.3 is 6.09 Å². The van der Waals surface area contributed by atoms with Crippen molar-refractivity contribution in [1.29, 1.82) is 10.5 Å². The lowest BCUT2D eigenvalue weighted by molar-refractivity contribution is -0.122. The molecule has 0 aliphatic carbocycles. The first-order valence-electron chi connectivity index (χ1n) is 8.84. The van der Waals surface area contributed by atoms with Gasteiger partial charge in [0, 0.05) is 0 Å². The van der Waals surface area contributed by atoms with E-state index < -0.39 is 6.09 Å². The smallest absolute Gasteiger partial charge is 0.412 e. The van der Waals surface area contributed by atoms with Crippen molar-refractivity contribution in [3.63, 3.8) is 0 Å². The van der Waals surface area contributed by atoms with Crippen LogP contribution in [0.3, 0.4) is 0 Å². The van der Waals surface area contributed by atoms with Gasteiger partial charge in [-0.25, -0.2) is 4.79 Å². The highest BCUT2D eigenvalue weighted by Crippen LogP contribution is 2.25. The molecule has 0 saturated heterocycles. The van der Waals surface area contributed by atoms with Crippen LogP contribution in [0.2, 0.25) is 0 Å². The molecule has 0 saturated carbocycles. The highest BCUT2D eigenvalue weighted by molar-refractivity contribution is 5.88. The minimum absolute atomic E-state index is 0.0726. The number of hydrogen-bond acceptors (Lipinski definition) is 7. The summed E-state index contributed by atoms with van der Waals surface area (Å²) in [6.45, 7) is 2.42. The second kappa shape index (κ2) is 11.0. The van der Waals surface area contributed by atoms with Gasteiger partial charge in [0.15, 0.2) is 0 Å². The third-order valence-electron chi connectivity index (χ3n) is 4.05. The molecule has 0 radical (unpaired) electrons. The molecule has 0 bridgehead atoms. The van der Waals surface area contributed by atoms with E-state index in [1.165, 1.54) is 6.26 Å². The first kappa shape index (κ1) is 21.3. The van der Waals surface area contributed by atoms with Gasteiger partial charge in [0.05, 0.1) is 19.0 Å². The van der Waals surface area contributed by atoms with E-state index in [1.807, 2.05) is 18.2 Å². The van der Waals surface area contributed by atoms with Gasteiger partial charge in [0.1, 0.15) is 19.0 Å². The Kier molecular flexibility index (Phi) is 8.09. The summed E-state index contributed by atoms with van der Waals surface area (Å²) in [6, 6.07) is 10.7. The highest BCUT2D eigenvalue weighted by atomic mass is 16.6. The SMILES string of the molecule is C[C@@H](C(=O)NCCOC#N)c1ccc2cc(OC(=O)NCCOC#N)ccc2c1. The standard InChI is InChI=1S/C20H20N4O5/c1-14(19(25)23-6-8-27-12-21)15-2-3-17-11-18(5-4-16(17)10-15)29-20(26)24-7-9-28-13-22/h2-5,10-11,14H,6-9H2,1H3,(H,23,25)(H,24,26)/t14-/m1/s1. The summed E-state index contributed by atoms with van der Waals surface area (Å²) >= 11 is 0. The van der Waals surface area contributed by atoms with Gasteiger partial charge in [-0.2, -0.15) is 10.5 Å². The number of fused-ring (bicyclic) bond motifs is 1. The second-order valence-electron chi connectivity index (χ2n) is 5.98. The van der Waals surface area contributed by atoms with Gasteiger partial charge < -0.3 is 24.8 Å². The maximum absolute atomic E-state index is 12.2. The van der Waals surface area contributed by atoms with E-state index in [0.717, 1.165) is 16.3 Å². The van der Waals surface area contributed by atoms with Gasteiger partial charge in [-0.15, -0.1) is 0 Å². The summed E-state index contributed by atoms with van der Waals surface area (Å²) in [6.07, 6.45) is 2.42. The topological polar surface area (TPSA) is 133 Å². The number of nitriles is 2. The van der Waals surface area contributed by atoms with Gasteiger partial charge in [-0.1, -0.05) is 24.3 Å². The lowest BCUT2D eigenvalue weighted by Crippen LogP contribution is -2.30. The van der Waals surface area contributed by atoms with Crippen molar-refractivity contribution in [3.05, 3.63) is 42.0 Å². The van der Waals surface area contributed by atoms with Gasteiger partial charge in [-0.05, 0) is 35.4 Å². The Morgan fingerprint density at radius 2 is 1.59 bits per heavy atom. The van der Waals surface area contributed by atoms with Crippen LogP contribution in [0.5, 0.6) is 5.75 Å². The third-order valence-corrected chi connectivity index (χ3v) is 4.05. The fourth-order valence-electron chi connectivity index (χ4n) is 2.54. The zero-order valence-corrected chi connectivity index (χ0v) is 15.8. The van der Waals surface area contributed by atoms with Crippen molar-refractivity contribution in [1.82, 2.24) is 10.6 Å². The molecule has 0 spiro atoms. The number of nitrogens with one attached hydrogen (secondary N) is 2. The summed E-state index contributed by atoms with van der Waals surface area (Å²) in [7, 11) is 0. The summed E-state index contributed by atoms with van der Waals surface area (Å²) in [5, 5.41) is 23.5. The Bertz CT molecular complexity index is 948. The largest absolute Gasteiger partial charge is 0.426 e. The highest BCUT2D eigenvalue weighted by Gasteiger charge is 2.15. The van der Waals surface area contributed by atoms with Crippen molar-refractivity contribution in [2.75, 3.05) is 26.3 Å². The molecule has 2 amide bonds.